The summed E-state index contributed by atoms with van der Waals surface area (Å²) < 4.78 is 2.04. The van der Waals surface area contributed by atoms with E-state index in [1.807, 2.05) is 34.9 Å². The van der Waals surface area contributed by atoms with Gasteiger partial charge >= 0.3 is 0 Å². The third-order valence-corrected chi connectivity index (χ3v) is 3.58. The second kappa shape index (κ2) is 7.02. The number of imidazole rings is 1. The number of carbonyl (C=O) groups excluding carboxylic acids is 1. The van der Waals surface area contributed by atoms with Crippen LogP contribution in [0.4, 0.5) is 0 Å². The lowest BCUT2D eigenvalue weighted by atomic mass is 10.2. The first-order valence-electron chi connectivity index (χ1n) is 7.59. The van der Waals surface area contributed by atoms with Crippen LogP contribution in [0.2, 0.25) is 0 Å². The van der Waals surface area contributed by atoms with Gasteiger partial charge < -0.3 is 15.6 Å². The molecular weight excluding hydrogens is 290 g/mol. The van der Waals surface area contributed by atoms with Gasteiger partial charge in [-0.1, -0.05) is 30.3 Å². The molecular formula is C17H19N5O. The Labute approximate surface area is 134 Å². The zero-order valence-electron chi connectivity index (χ0n) is 12.8. The third kappa shape index (κ3) is 3.54. The van der Waals surface area contributed by atoms with Crippen LogP contribution in [-0.2, 0) is 17.9 Å². The minimum absolute atomic E-state index is 0.0706. The van der Waals surface area contributed by atoms with Crippen molar-refractivity contribution >= 4 is 17.1 Å². The van der Waals surface area contributed by atoms with E-state index in [1.165, 1.54) is 0 Å². The molecule has 0 radical (unpaired) electrons. The van der Waals surface area contributed by atoms with E-state index in [1.54, 1.807) is 6.20 Å². The van der Waals surface area contributed by atoms with Gasteiger partial charge in [-0.2, -0.15) is 0 Å². The Kier molecular flexibility index (Phi) is 4.63. The summed E-state index contributed by atoms with van der Waals surface area (Å²) in [6.07, 6.45) is 2.07. The molecule has 2 heterocycles. The Balaban J connectivity index is 1.90. The molecule has 0 unspecified atom stereocenters. The number of hydrogen-bond acceptors (Lipinski definition) is 4. The number of amides is 1. The molecule has 0 spiro atoms. The van der Waals surface area contributed by atoms with E-state index >= 15 is 0 Å². The number of fused-ring (bicyclic) bond motifs is 1. The highest BCUT2D eigenvalue weighted by Crippen LogP contribution is 2.16. The highest BCUT2D eigenvalue weighted by molar-refractivity contribution is 5.76. The summed E-state index contributed by atoms with van der Waals surface area (Å²) in [5.74, 6) is 0.715. The maximum absolute atomic E-state index is 11.7. The van der Waals surface area contributed by atoms with Gasteiger partial charge in [0.1, 0.15) is 11.3 Å². The molecule has 2 aromatic heterocycles. The molecule has 0 aliphatic carbocycles. The average Bonchev–Trinajstić information content (AvgIpc) is 2.92. The second-order valence-electron chi connectivity index (χ2n) is 5.26. The molecule has 6 heteroatoms. The largest absolute Gasteiger partial charge is 0.349 e. The van der Waals surface area contributed by atoms with Crippen molar-refractivity contribution in [3.63, 3.8) is 0 Å². The molecule has 1 aromatic carbocycles. The number of nitrogens with two attached hydrogens (primary N) is 1. The molecule has 0 bridgehead atoms. The van der Waals surface area contributed by atoms with Crippen molar-refractivity contribution in [1.82, 2.24) is 19.9 Å². The molecule has 3 aromatic rings. The van der Waals surface area contributed by atoms with Crippen LogP contribution in [0.5, 0.6) is 0 Å². The molecule has 0 fully saturated rings. The fourth-order valence-electron chi connectivity index (χ4n) is 2.47. The third-order valence-electron chi connectivity index (χ3n) is 3.58. The number of rotatable bonds is 6. The molecule has 3 N–H and O–H groups in total. The molecule has 0 aliphatic heterocycles. The van der Waals surface area contributed by atoms with E-state index in [2.05, 4.69) is 27.4 Å². The molecule has 118 valence electrons. The average molecular weight is 309 g/mol. The van der Waals surface area contributed by atoms with Crippen molar-refractivity contribution in [2.45, 2.75) is 19.5 Å². The van der Waals surface area contributed by atoms with Crippen molar-refractivity contribution in [2.24, 2.45) is 5.73 Å². The van der Waals surface area contributed by atoms with Gasteiger partial charge in [0.15, 0.2) is 5.65 Å². The number of nitrogens with zero attached hydrogens (tertiary/aromatic N) is 3. The maximum atomic E-state index is 11.7. The van der Waals surface area contributed by atoms with E-state index in [9.17, 15) is 4.79 Å². The zero-order chi connectivity index (χ0) is 16.1. The summed E-state index contributed by atoms with van der Waals surface area (Å²) in [6, 6.07) is 13.9. The maximum Gasteiger partial charge on any atom is 0.221 e. The first-order valence-corrected chi connectivity index (χ1v) is 7.59. The van der Waals surface area contributed by atoms with Gasteiger partial charge in [0.05, 0.1) is 13.1 Å². The highest BCUT2D eigenvalue weighted by atomic mass is 16.1. The van der Waals surface area contributed by atoms with Crippen LogP contribution in [0.15, 0.2) is 48.7 Å². The lowest BCUT2D eigenvalue weighted by Crippen LogP contribution is -2.26. The molecule has 0 saturated heterocycles. The number of pyridine rings is 1. The summed E-state index contributed by atoms with van der Waals surface area (Å²) in [6.45, 7) is 1.37. The minimum Gasteiger partial charge on any atom is -0.349 e. The second-order valence-corrected chi connectivity index (χ2v) is 5.26. The number of hydrogen-bond donors (Lipinski definition) is 2. The van der Waals surface area contributed by atoms with Gasteiger partial charge in [0, 0.05) is 19.2 Å². The summed E-state index contributed by atoms with van der Waals surface area (Å²) in [7, 11) is 0. The first-order chi connectivity index (χ1) is 11.3. The lowest BCUT2D eigenvalue weighted by molar-refractivity contribution is -0.121. The van der Waals surface area contributed by atoms with E-state index in [0.717, 1.165) is 22.6 Å². The van der Waals surface area contributed by atoms with Gasteiger partial charge in [-0.3, -0.25) is 4.79 Å². The quantitative estimate of drug-likeness (QED) is 0.721. The Morgan fingerprint density at radius 1 is 1.17 bits per heavy atom. The van der Waals surface area contributed by atoms with Crippen LogP contribution in [0.1, 0.15) is 17.8 Å². The van der Waals surface area contributed by atoms with Crippen molar-refractivity contribution in [1.29, 1.82) is 0 Å². The summed E-state index contributed by atoms with van der Waals surface area (Å²) in [4.78, 5) is 20.7. The van der Waals surface area contributed by atoms with Crippen LogP contribution in [-0.4, -0.2) is 27.0 Å². The standard InChI is InChI=1S/C17H19N5O/c18-9-8-16(23)20-11-15-21-14-7-4-10-19-17(14)22(15)12-13-5-2-1-3-6-13/h1-7,10H,8-9,11-12,18H2,(H,20,23). The smallest absolute Gasteiger partial charge is 0.221 e. The lowest BCUT2D eigenvalue weighted by Gasteiger charge is -2.09. The van der Waals surface area contributed by atoms with Gasteiger partial charge in [-0.15, -0.1) is 0 Å². The van der Waals surface area contributed by atoms with E-state index in [0.29, 0.717) is 26.1 Å². The fourth-order valence-corrected chi connectivity index (χ4v) is 2.47. The Hall–Kier alpha value is -2.73. The molecule has 0 saturated carbocycles. The molecule has 23 heavy (non-hydrogen) atoms. The van der Waals surface area contributed by atoms with Crippen LogP contribution < -0.4 is 11.1 Å². The highest BCUT2D eigenvalue weighted by Gasteiger charge is 2.12. The van der Waals surface area contributed by atoms with Crippen LogP contribution >= 0.6 is 0 Å². The zero-order valence-corrected chi connectivity index (χ0v) is 12.8. The van der Waals surface area contributed by atoms with Crippen molar-refractivity contribution in [3.8, 4) is 0 Å². The summed E-state index contributed by atoms with van der Waals surface area (Å²) in [5.41, 5.74) is 8.20. The molecule has 1 amide bonds. The molecule has 3 rings (SSSR count). The topological polar surface area (TPSA) is 85.8 Å². The van der Waals surface area contributed by atoms with Crippen LogP contribution in [0.25, 0.3) is 11.2 Å². The molecule has 0 aliphatic rings. The van der Waals surface area contributed by atoms with Crippen LogP contribution in [0, 0.1) is 0 Å². The van der Waals surface area contributed by atoms with Crippen molar-refractivity contribution in [2.75, 3.05) is 6.54 Å². The van der Waals surface area contributed by atoms with Crippen LogP contribution in [0.3, 0.4) is 0 Å². The fraction of sp³-hybridized carbons (Fsp3) is 0.235. The Morgan fingerprint density at radius 2 is 2.00 bits per heavy atom. The summed E-state index contributed by atoms with van der Waals surface area (Å²) >= 11 is 0. The van der Waals surface area contributed by atoms with Gasteiger partial charge in [0.25, 0.3) is 0 Å². The molecule has 6 nitrogen and oxygen atoms in total. The van der Waals surface area contributed by atoms with Gasteiger partial charge in [-0.25, -0.2) is 9.97 Å². The van der Waals surface area contributed by atoms with Crippen molar-refractivity contribution < 1.29 is 4.79 Å². The monoisotopic (exact) mass is 309 g/mol. The SMILES string of the molecule is NCCC(=O)NCc1nc2cccnc2n1Cc1ccccc1. The number of aromatic nitrogens is 3. The van der Waals surface area contributed by atoms with Crippen molar-refractivity contribution in [3.05, 3.63) is 60.0 Å². The number of benzene rings is 1. The molecule has 0 atom stereocenters. The Bertz CT molecular complexity index is 797. The predicted molar refractivity (Wildman–Crippen MR) is 88.6 cm³/mol. The van der Waals surface area contributed by atoms with E-state index < -0.39 is 0 Å². The Morgan fingerprint density at radius 3 is 2.78 bits per heavy atom. The van der Waals surface area contributed by atoms with Gasteiger partial charge in [0.2, 0.25) is 5.91 Å². The normalized spacial score (nSPS) is 10.8. The number of nitrogens with one attached hydrogen (secondary N) is 1. The van der Waals surface area contributed by atoms with Gasteiger partial charge in [-0.05, 0) is 17.7 Å². The van der Waals surface area contributed by atoms with E-state index in [4.69, 9.17) is 5.73 Å². The first kappa shape index (κ1) is 15.2. The predicted octanol–water partition coefficient (Wildman–Crippen LogP) is 1.44. The number of carbonyl (C=O) groups is 1. The summed E-state index contributed by atoms with van der Waals surface area (Å²) in [5, 5.41) is 2.86. The minimum atomic E-state index is -0.0706. The van der Waals surface area contributed by atoms with E-state index in [-0.39, 0.29) is 5.91 Å².